The van der Waals surface area contributed by atoms with Gasteiger partial charge in [-0.2, -0.15) is 10.4 Å². The lowest BCUT2D eigenvalue weighted by molar-refractivity contribution is 0.149. The molecular formula is C15H22N4O. The number of aromatic nitrogens is 2. The van der Waals surface area contributed by atoms with Gasteiger partial charge in [0.2, 0.25) is 0 Å². The van der Waals surface area contributed by atoms with E-state index in [0.29, 0.717) is 31.1 Å². The zero-order valence-corrected chi connectivity index (χ0v) is 12.3. The van der Waals surface area contributed by atoms with Gasteiger partial charge in [0.25, 0.3) is 0 Å². The molecule has 0 spiro atoms. The van der Waals surface area contributed by atoms with Gasteiger partial charge in [-0.1, -0.05) is 19.9 Å². The Kier molecular flexibility index (Phi) is 7.30. The minimum absolute atomic E-state index is 0.550. The van der Waals surface area contributed by atoms with Crippen molar-refractivity contribution in [2.75, 3.05) is 25.1 Å². The second kappa shape index (κ2) is 9.05. The van der Waals surface area contributed by atoms with Crippen LogP contribution in [0.2, 0.25) is 0 Å². The van der Waals surface area contributed by atoms with Gasteiger partial charge in [-0.05, 0) is 24.8 Å². The van der Waals surface area contributed by atoms with Crippen molar-refractivity contribution >= 4 is 5.82 Å². The van der Waals surface area contributed by atoms with Crippen LogP contribution in [0.1, 0.15) is 37.1 Å². The van der Waals surface area contributed by atoms with E-state index in [0.717, 1.165) is 30.5 Å². The predicted octanol–water partition coefficient (Wildman–Crippen LogP) is 2.48. The first kappa shape index (κ1) is 16.1. The molecule has 0 atom stereocenters. The Balaban J connectivity index is 2.66. The summed E-state index contributed by atoms with van der Waals surface area (Å²) in [5.41, 5.74) is 2.49. The second-order valence-electron chi connectivity index (χ2n) is 4.28. The smallest absolute Gasteiger partial charge is 0.167 e. The summed E-state index contributed by atoms with van der Waals surface area (Å²) in [6.45, 7) is 9.52. The number of anilines is 1. The maximum Gasteiger partial charge on any atom is 0.167 e. The summed E-state index contributed by atoms with van der Waals surface area (Å²) in [7, 11) is 0. The van der Waals surface area contributed by atoms with Crippen molar-refractivity contribution in [2.45, 2.75) is 33.1 Å². The Bertz CT molecular complexity index is 479. The van der Waals surface area contributed by atoms with Crippen molar-refractivity contribution in [2.24, 2.45) is 0 Å². The summed E-state index contributed by atoms with van der Waals surface area (Å²) in [4.78, 5) is 0. The van der Waals surface area contributed by atoms with Gasteiger partial charge in [0.1, 0.15) is 11.6 Å². The summed E-state index contributed by atoms with van der Waals surface area (Å²) in [6, 6.07) is 2.23. The zero-order chi connectivity index (χ0) is 14.8. The highest BCUT2D eigenvalue weighted by Crippen LogP contribution is 2.19. The second-order valence-corrected chi connectivity index (χ2v) is 4.28. The quantitative estimate of drug-likeness (QED) is 0.553. The van der Waals surface area contributed by atoms with E-state index < -0.39 is 0 Å². The fraction of sp³-hybridized carbons (Fsp3) is 0.533. The van der Waals surface area contributed by atoms with E-state index in [-0.39, 0.29) is 0 Å². The minimum Gasteiger partial charge on any atom is -0.379 e. The van der Waals surface area contributed by atoms with Crippen LogP contribution in [0.15, 0.2) is 12.7 Å². The van der Waals surface area contributed by atoms with Crippen molar-refractivity contribution in [1.29, 1.82) is 5.26 Å². The highest BCUT2D eigenvalue weighted by molar-refractivity contribution is 5.56. The van der Waals surface area contributed by atoms with Crippen molar-refractivity contribution in [3.8, 4) is 6.07 Å². The van der Waals surface area contributed by atoms with Crippen molar-refractivity contribution in [3.63, 3.8) is 0 Å². The molecule has 20 heavy (non-hydrogen) atoms. The third kappa shape index (κ3) is 4.32. The first-order chi connectivity index (χ1) is 9.78. The number of nitriles is 1. The highest BCUT2D eigenvalue weighted by Gasteiger charge is 2.13. The monoisotopic (exact) mass is 274 g/mol. The molecule has 0 saturated heterocycles. The normalized spacial score (nSPS) is 10.1. The number of hydrogen-bond acceptors (Lipinski definition) is 5. The Morgan fingerprint density at radius 2 is 2.10 bits per heavy atom. The Morgan fingerprint density at radius 1 is 1.30 bits per heavy atom. The molecule has 1 rings (SSSR count). The Morgan fingerprint density at radius 3 is 2.70 bits per heavy atom. The maximum absolute atomic E-state index is 9.32. The zero-order valence-electron chi connectivity index (χ0n) is 12.3. The number of nitrogens with zero attached hydrogens (tertiary/aromatic N) is 3. The summed E-state index contributed by atoms with van der Waals surface area (Å²) in [6.07, 6.45) is 4.24. The average Bonchev–Trinajstić information content (AvgIpc) is 2.49. The number of nitrogens with one attached hydrogen (secondary N) is 1. The molecule has 0 unspecified atom stereocenters. The van der Waals surface area contributed by atoms with Crippen LogP contribution in [0, 0.1) is 11.3 Å². The molecule has 0 bridgehead atoms. The van der Waals surface area contributed by atoms with Gasteiger partial charge >= 0.3 is 0 Å². The molecule has 1 N–H and O–H groups in total. The number of rotatable bonds is 9. The lowest BCUT2D eigenvalue weighted by Gasteiger charge is -2.12. The van der Waals surface area contributed by atoms with Gasteiger partial charge in [0, 0.05) is 6.54 Å². The molecule has 5 nitrogen and oxygen atoms in total. The van der Waals surface area contributed by atoms with Crippen LogP contribution in [-0.4, -0.2) is 30.0 Å². The molecule has 0 saturated carbocycles. The fourth-order valence-corrected chi connectivity index (χ4v) is 1.93. The molecular weight excluding hydrogens is 252 g/mol. The fourth-order valence-electron chi connectivity index (χ4n) is 1.93. The van der Waals surface area contributed by atoms with Gasteiger partial charge < -0.3 is 10.1 Å². The molecule has 108 valence electrons. The summed E-state index contributed by atoms with van der Waals surface area (Å²) in [5.74, 6) is 0.550. The van der Waals surface area contributed by atoms with Crippen LogP contribution in [0.25, 0.3) is 0 Å². The third-order valence-electron chi connectivity index (χ3n) is 2.96. The van der Waals surface area contributed by atoms with E-state index in [1.165, 1.54) is 0 Å². The van der Waals surface area contributed by atoms with Crippen molar-refractivity contribution in [1.82, 2.24) is 10.2 Å². The standard InChI is InChI=1S/C15H22N4O/c1-4-7-9-20-10-8-17-15-13(11-16)12(5-2)14(6-3)18-19-15/h4H,1,5-10H2,2-3H3,(H,17,19). The van der Waals surface area contributed by atoms with Crippen LogP contribution in [0.3, 0.4) is 0 Å². The minimum atomic E-state index is 0.550. The first-order valence-electron chi connectivity index (χ1n) is 6.99. The predicted molar refractivity (Wildman–Crippen MR) is 79.6 cm³/mol. The van der Waals surface area contributed by atoms with E-state index in [1.54, 1.807) is 0 Å². The maximum atomic E-state index is 9.32. The number of ether oxygens (including phenoxy) is 1. The van der Waals surface area contributed by atoms with Crippen molar-refractivity contribution < 1.29 is 4.74 Å². The third-order valence-corrected chi connectivity index (χ3v) is 2.96. The van der Waals surface area contributed by atoms with E-state index in [1.807, 2.05) is 19.9 Å². The molecule has 0 aliphatic carbocycles. The number of aryl methyl sites for hydroxylation is 1. The molecule has 0 fully saturated rings. The first-order valence-corrected chi connectivity index (χ1v) is 6.99. The highest BCUT2D eigenvalue weighted by atomic mass is 16.5. The molecule has 0 aliphatic rings. The van der Waals surface area contributed by atoms with Crippen molar-refractivity contribution in [3.05, 3.63) is 29.5 Å². The van der Waals surface area contributed by atoms with E-state index >= 15 is 0 Å². The Labute approximate surface area is 120 Å². The van der Waals surface area contributed by atoms with Crippen LogP contribution < -0.4 is 5.32 Å². The lowest BCUT2D eigenvalue weighted by Crippen LogP contribution is -2.14. The van der Waals surface area contributed by atoms with Crippen LogP contribution in [0.5, 0.6) is 0 Å². The summed E-state index contributed by atoms with van der Waals surface area (Å²) >= 11 is 0. The molecule has 5 heteroatoms. The van der Waals surface area contributed by atoms with Gasteiger partial charge in [0.05, 0.1) is 18.9 Å². The number of hydrogen-bond donors (Lipinski definition) is 1. The molecule has 1 aromatic rings. The van der Waals surface area contributed by atoms with E-state index in [2.05, 4.69) is 28.2 Å². The molecule has 0 aromatic carbocycles. The SMILES string of the molecule is C=CCCOCCNc1nnc(CC)c(CC)c1C#N. The van der Waals surface area contributed by atoms with Gasteiger partial charge in [-0.3, -0.25) is 0 Å². The Hall–Kier alpha value is -1.93. The average molecular weight is 274 g/mol. The van der Waals surface area contributed by atoms with E-state index in [4.69, 9.17) is 4.74 Å². The molecule has 1 aromatic heterocycles. The summed E-state index contributed by atoms with van der Waals surface area (Å²) < 4.78 is 5.41. The van der Waals surface area contributed by atoms with Crippen LogP contribution in [0.4, 0.5) is 5.82 Å². The van der Waals surface area contributed by atoms with Gasteiger partial charge in [-0.25, -0.2) is 0 Å². The van der Waals surface area contributed by atoms with Gasteiger partial charge in [-0.15, -0.1) is 11.7 Å². The molecule has 1 heterocycles. The molecule has 0 radical (unpaired) electrons. The van der Waals surface area contributed by atoms with E-state index in [9.17, 15) is 5.26 Å². The van der Waals surface area contributed by atoms with Crippen LogP contribution >= 0.6 is 0 Å². The van der Waals surface area contributed by atoms with Crippen LogP contribution in [-0.2, 0) is 17.6 Å². The largest absolute Gasteiger partial charge is 0.379 e. The molecule has 0 aliphatic heterocycles. The van der Waals surface area contributed by atoms with Gasteiger partial charge in [0.15, 0.2) is 5.82 Å². The summed E-state index contributed by atoms with van der Waals surface area (Å²) in [5, 5.41) is 20.7. The topological polar surface area (TPSA) is 70.8 Å². The molecule has 0 amide bonds. The lowest BCUT2D eigenvalue weighted by atomic mass is 10.0.